The van der Waals surface area contributed by atoms with E-state index in [2.05, 4.69) is 4.98 Å². The number of hydrogen-bond donors (Lipinski definition) is 0. The summed E-state index contributed by atoms with van der Waals surface area (Å²) < 4.78 is 18.1. The number of amides is 1. The highest BCUT2D eigenvalue weighted by atomic mass is 35.5. The Morgan fingerprint density at radius 2 is 2.13 bits per heavy atom. The van der Waals surface area contributed by atoms with Crippen LogP contribution in [0.4, 0.5) is 4.79 Å². The van der Waals surface area contributed by atoms with Gasteiger partial charge in [-0.05, 0) is 39.5 Å². The molecule has 2 rings (SSSR count). The lowest BCUT2D eigenvalue weighted by atomic mass is 9.99. The molecule has 0 saturated carbocycles. The number of thiazole rings is 1. The van der Waals surface area contributed by atoms with Gasteiger partial charge in [0.2, 0.25) is 0 Å². The van der Waals surface area contributed by atoms with E-state index in [1.165, 1.54) is 11.3 Å². The van der Waals surface area contributed by atoms with Crippen LogP contribution in [0.25, 0.3) is 0 Å². The zero-order valence-corrected chi connectivity index (χ0v) is 16.1. The minimum atomic E-state index is -0.916. The number of aromatic nitrogens is 1. The van der Waals surface area contributed by atoms with E-state index in [-0.39, 0.29) is 6.09 Å². The topological polar surface area (TPSA) is 59.5 Å². The van der Waals surface area contributed by atoms with Crippen molar-refractivity contribution in [2.24, 2.45) is 5.92 Å². The van der Waals surface area contributed by atoms with Gasteiger partial charge in [-0.2, -0.15) is 0 Å². The third-order valence-corrected chi connectivity index (χ3v) is 6.29. The number of hydrogen-bond acceptors (Lipinski definition) is 5. The molecule has 1 aromatic rings. The fraction of sp³-hybridized carbons (Fsp3) is 0.733. The van der Waals surface area contributed by atoms with Gasteiger partial charge in [0.05, 0.1) is 5.75 Å². The normalized spacial score (nSPS) is 18.0. The first-order chi connectivity index (χ1) is 10.7. The van der Waals surface area contributed by atoms with Gasteiger partial charge in [-0.15, -0.1) is 11.3 Å². The van der Waals surface area contributed by atoms with Gasteiger partial charge >= 0.3 is 6.09 Å². The van der Waals surface area contributed by atoms with E-state index in [4.69, 9.17) is 16.3 Å². The minimum absolute atomic E-state index is 0.253. The van der Waals surface area contributed by atoms with Crippen molar-refractivity contribution in [1.29, 1.82) is 0 Å². The van der Waals surface area contributed by atoms with Crippen LogP contribution in [0.1, 0.15) is 38.5 Å². The predicted octanol–water partition coefficient (Wildman–Crippen LogP) is 3.69. The van der Waals surface area contributed by atoms with Crippen molar-refractivity contribution < 1.29 is 13.7 Å². The molecule has 1 atom stereocenters. The molecule has 1 saturated heterocycles. The first-order valence-electron chi connectivity index (χ1n) is 7.66. The quantitative estimate of drug-likeness (QED) is 0.801. The Bertz CT molecular complexity index is 563. The second kappa shape index (κ2) is 7.94. The highest BCUT2D eigenvalue weighted by molar-refractivity contribution is 7.84. The summed E-state index contributed by atoms with van der Waals surface area (Å²) in [4.78, 5) is 18.7. The highest BCUT2D eigenvalue weighted by Gasteiger charge is 2.27. The molecule has 0 bridgehead atoms. The monoisotopic (exact) mass is 378 g/mol. The van der Waals surface area contributed by atoms with E-state index in [0.717, 1.165) is 17.7 Å². The van der Waals surface area contributed by atoms with Gasteiger partial charge in [0.15, 0.2) is 4.47 Å². The van der Waals surface area contributed by atoms with Crippen LogP contribution in [0.5, 0.6) is 0 Å². The van der Waals surface area contributed by atoms with Gasteiger partial charge in [0.1, 0.15) is 5.60 Å². The van der Waals surface area contributed by atoms with Gasteiger partial charge in [0, 0.05) is 40.7 Å². The Kier molecular flexibility index (Phi) is 6.45. The maximum Gasteiger partial charge on any atom is 0.410 e. The van der Waals surface area contributed by atoms with E-state index >= 15 is 0 Å². The number of halogens is 1. The third-order valence-electron chi connectivity index (χ3n) is 3.52. The van der Waals surface area contributed by atoms with E-state index in [1.807, 2.05) is 20.8 Å². The predicted molar refractivity (Wildman–Crippen MR) is 94.4 cm³/mol. The van der Waals surface area contributed by atoms with Gasteiger partial charge in [-0.1, -0.05) is 11.6 Å². The van der Waals surface area contributed by atoms with Crippen LogP contribution in [-0.2, 0) is 21.3 Å². The number of rotatable bonds is 4. The summed E-state index contributed by atoms with van der Waals surface area (Å²) in [5, 5.41) is 0. The molecule has 8 heteroatoms. The molecule has 1 aliphatic heterocycles. The van der Waals surface area contributed by atoms with Crippen LogP contribution in [0.3, 0.4) is 0 Å². The standard InChI is InChI=1S/C15H23ClN2O3S2/c1-15(2,3)21-14(19)18-6-4-11(5-7-18)9-23(20)10-12-8-17-13(16)22-12/h8,11H,4-7,9-10H2,1-3H3. The third kappa shape index (κ3) is 6.39. The van der Waals surface area contributed by atoms with Crippen LogP contribution < -0.4 is 0 Å². The second-order valence-corrected chi connectivity index (χ2v) is 9.94. The molecule has 0 radical (unpaired) electrons. The maximum atomic E-state index is 12.2. The van der Waals surface area contributed by atoms with Crippen LogP contribution in [-0.4, -0.2) is 44.6 Å². The van der Waals surface area contributed by atoms with E-state index in [0.29, 0.717) is 35.0 Å². The molecule has 23 heavy (non-hydrogen) atoms. The number of piperidine rings is 1. The zero-order chi connectivity index (χ0) is 17.0. The zero-order valence-electron chi connectivity index (χ0n) is 13.7. The molecule has 1 unspecified atom stereocenters. The van der Waals surface area contributed by atoms with Crippen LogP contribution in [0.2, 0.25) is 4.47 Å². The number of nitrogens with zero attached hydrogens (tertiary/aromatic N) is 2. The average Bonchev–Trinajstić information content (AvgIpc) is 2.82. The van der Waals surface area contributed by atoms with Crippen LogP contribution >= 0.6 is 22.9 Å². The Labute approximate surface area is 148 Å². The maximum absolute atomic E-state index is 12.2. The number of likely N-dealkylation sites (tertiary alicyclic amines) is 1. The molecular weight excluding hydrogens is 356 g/mol. The molecule has 1 aliphatic rings. The molecule has 5 nitrogen and oxygen atoms in total. The van der Waals surface area contributed by atoms with Gasteiger partial charge in [-0.25, -0.2) is 9.78 Å². The van der Waals surface area contributed by atoms with Crippen molar-refractivity contribution in [3.8, 4) is 0 Å². The number of carbonyl (C=O) groups is 1. The van der Waals surface area contributed by atoms with Crippen molar-refractivity contribution in [2.75, 3.05) is 18.8 Å². The molecular formula is C15H23ClN2O3S2. The lowest BCUT2D eigenvalue weighted by molar-refractivity contribution is 0.0191. The minimum Gasteiger partial charge on any atom is -0.444 e. The molecule has 1 fully saturated rings. The summed E-state index contributed by atoms with van der Waals surface area (Å²) in [7, 11) is -0.916. The Morgan fingerprint density at radius 3 is 2.65 bits per heavy atom. The Morgan fingerprint density at radius 1 is 1.48 bits per heavy atom. The molecule has 1 aromatic heterocycles. The number of carbonyl (C=O) groups excluding carboxylic acids is 1. The van der Waals surface area contributed by atoms with Crippen molar-refractivity contribution >= 4 is 39.8 Å². The molecule has 2 heterocycles. The first kappa shape index (κ1) is 18.7. The van der Waals surface area contributed by atoms with Gasteiger partial charge in [-0.3, -0.25) is 4.21 Å². The van der Waals surface area contributed by atoms with Crippen molar-refractivity contribution in [3.05, 3.63) is 15.5 Å². The fourth-order valence-corrected chi connectivity index (χ4v) is 5.21. The summed E-state index contributed by atoms with van der Waals surface area (Å²) >= 11 is 7.17. The van der Waals surface area contributed by atoms with Crippen molar-refractivity contribution in [3.63, 3.8) is 0 Å². The first-order valence-corrected chi connectivity index (χ1v) is 10.3. The fourth-order valence-electron chi connectivity index (χ4n) is 2.44. The smallest absolute Gasteiger partial charge is 0.410 e. The summed E-state index contributed by atoms with van der Waals surface area (Å²) in [5.41, 5.74) is -0.467. The van der Waals surface area contributed by atoms with Crippen LogP contribution in [0.15, 0.2) is 6.20 Å². The van der Waals surface area contributed by atoms with E-state index < -0.39 is 16.4 Å². The van der Waals surface area contributed by atoms with Gasteiger partial charge < -0.3 is 9.64 Å². The number of ether oxygens (including phenoxy) is 1. The summed E-state index contributed by atoms with van der Waals surface area (Å²) in [6, 6.07) is 0. The largest absolute Gasteiger partial charge is 0.444 e. The van der Waals surface area contributed by atoms with E-state index in [9.17, 15) is 9.00 Å². The van der Waals surface area contributed by atoms with E-state index in [1.54, 1.807) is 11.1 Å². The molecule has 0 spiro atoms. The van der Waals surface area contributed by atoms with Crippen molar-refractivity contribution in [2.45, 2.75) is 45.0 Å². The van der Waals surface area contributed by atoms with Gasteiger partial charge in [0.25, 0.3) is 0 Å². The summed E-state index contributed by atoms with van der Waals surface area (Å²) in [6.07, 6.45) is 3.18. The summed E-state index contributed by atoms with van der Waals surface area (Å²) in [5.74, 6) is 1.56. The van der Waals surface area contributed by atoms with Crippen molar-refractivity contribution in [1.82, 2.24) is 9.88 Å². The van der Waals surface area contributed by atoms with Crippen LogP contribution in [0, 0.1) is 5.92 Å². The molecule has 0 aromatic carbocycles. The molecule has 1 amide bonds. The summed E-state index contributed by atoms with van der Waals surface area (Å²) in [6.45, 7) is 6.94. The highest BCUT2D eigenvalue weighted by Crippen LogP contribution is 2.23. The Hall–Kier alpha value is -0.660. The molecule has 0 aliphatic carbocycles. The lowest BCUT2D eigenvalue weighted by Gasteiger charge is -2.33. The SMILES string of the molecule is CC(C)(C)OC(=O)N1CCC(CS(=O)Cc2cnc(Cl)s2)CC1. The Balaban J connectivity index is 1.74. The molecule has 130 valence electrons. The second-order valence-electron chi connectivity index (χ2n) is 6.74. The molecule has 0 N–H and O–H groups in total. The lowest BCUT2D eigenvalue weighted by Crippen LogP contribution is -2.42. The average molecular weight is 379 g/mol.